The van der Waals surface area contributed by atoms with E-state index in [1.807, 2.05) is 12.2 Å². The van der Waals surface area contributed by atoms with E-state index in [0.29, 0.717) is 17.7 Å². The highest BCUT2D eigenvalue weighted by Gasteiger charge is 2.32. The number of ketones is 1. The Balaban J connectivity index is 2.16. The van der Waals surface area contributed by atoms with E-state index in [1.54, 1.807) is 35.1 Å². The quantitative estimate of drug-likeness (QED) is 0.637. The van der Waals surface area contributed by atoms with Crippen molar-refractivity contribution in [3.8, 4) is 0 Å². The van der Waals surface area contributed by atoms with Crippen LogP contribution in [0.4, 0.5) is 0 Å². The first-order valence-electron chi connectivity index (χ1n) is 5.11. The molecule has 0 bridgehead atoms. The number of fused-ring (bicyclic) bond motifs is 1. The highest BCUT2D eigenvalue weighted by atomic mass is 16.3. The first-order chi connectivity index (χ1) is 7.79. The van der Waals surface area contributed by atoms with Gasteiger partial charge in [0.2, 0.25) is 5.70 Å². The molecule has 0 unspecified atom stereocenters. The van der Waals surface area contributed by atoms with Crippen LogP contribution >= 0.6 is 0 Å². The molecule has 1 aliphatic heterocycles. The van der Waals surface area contributed by atoms with Gasteiger partial charge in [0.25, 0.3) is 5.78 Å². The van der Waals surface area contributed by atoms with Crippen molar-refractivity contribution in [3.05, 3.63) is 53.2 Å². The third kappa shape index (κ3) is 1.08. The zero-order chi connectivity index (χ0) is 11.1. The second-order valence-corrected chi connectivity index (χ2v) is 3.78. The molecule has 0 saturated carbocycles. The van der Waals surface area contributed by atoms with Crippen LogP contribution in [0.1, 0.15) is 15.9 Å². The fourth-order valence-electron chi connectivity index (χ4n) is 2.06. The van der Waals surface area contributed by atoms with Gasteiger partial charge in [-0.05, 0) is 17.4 Å². The number of hydrogen-bond donors (Lipinski definition) is 0. The highest BCUT2D eigenvalue weighted by molar-refractivity contribution is 6.17. The summed E-state index contributed by atoms with van der Waals surface area (Å²) in [6, 6.07) is 6.95. The van der Waals surface area contributed by atoms with Crippen molar-refractivity contribution >= 4 is 17.8 Å². The molecule has 16 heavy (non-hydrogen) atoms. The van der Waals surface area contributed by atoms with Crippen LogP contribution in [0.2, 0.25) is 0 Å². The molecule has 0 saturated heterocycles. The summed E-state index contributed by atoms with van der Waals surface area (Å²) in [5.41, 5.74) is 1.30. The van der Waals surface area contributed by atoms with Crippen LogP contribution in [0.15, 0.2) is 42.1 Å². The average Bonchev–Trinajstić information content (AvgIpc) is 2.89. The number of nitrogens with zero attached hydrogens (tertiary/aromatic N) is 1. The standard InChI is InChI=1S/C13H9NO2/c15-12-9-5-1-2-6-10(9)13(16)11(12)14-7-3-4-8-14/h1-7H,8H2. The Morgan fingerprint density at radius 3 is 2.56 bits per heavy atom. The Kier molecular flexibility index (Phi) is 1.80. The molecule has 0 radical (unpaired) electrons. The predicted molar refractivity (Wildman–Crippen MR) is 58.0 cm³/mol. The molecule has 0 spiro atoms. The maximum absolute atomic E-state index is 12.0. The summed E-state index contributed by atoms with van der Waals surface area (Å²) in [5.74, 6) is -0.332. The molecular formula is C13H9NO2. The van der Waals surface area contributed by atoms with Gasteiger partial charge in [-0.2, -0.15) is 4.58 Å². The second kappa shape index (κ2) is 3.17. The Bertz CT molecular complexity index is 579. The lowest BCUT2D eigenvalue weighted by Crippen LogP contribution is -2.17. The summed E-state index contributed by atoms with van der Waals surface area (Å²) < 4.78 is 1.70. The lowest BCUT2D eigenvalue weighted by atomic mass is 10.1. The van der Waals surface area contributed by atoms with Crippen molar-refractivity contribution in [2.24, 2.45) is 0 Å². The number of Topliss-reactive ketones (excluding diaryl/α,β-unsaturated/α-hetero) is 1. The van der Waals surface area contributed by atoms with Crippen LogP contribution in [0.5, 0.6) is 0 Å². The molecule has 1 aliphatic carbocycles. The van der Waals surface area contributed by atoms with Gasteiger partial charge in [0.05, 0.1) is 0 Å². The summed E-state index contributed by atoms with van der Waals surface area (Å²) in [5, 5.41) is 12.0. The third-order valence-corrected chi connectivity index (χ3v) is 2.84. The van der Waals surface area contributed by atoms with E-state index < -0.39 is 0 Å². The summed E-state index contributed by atoms with van der Waals surface area (Å²) >= 11 is 0. The van der Waals surface area contributed by atoms with Crippen LogP contribution in [-0.2, 0) is 0 Å². The molecule has 1 aromatic rings. The van der Waals surface area contributed by atoms with E-state index in [1.165, 1.54) is 0 Å². The van der Waals surface area contributed by atoms with Crippen molar-refractivity contribution < 1.29 is 14.5 Å². The number of carbonyl (C=O) groups is 1. The fourth-order valence-corrected chi connectivity index (χ4v) is 2.06. The maximum Gasteiger partial charge on any atom is 0.256 e. The molecule has 3 heteroatoms. The van der Waals surface area contributed by atoms with E-state index in [-0.39, 0.29) is 17.2 Å². The van der Waals surface area contributed by atoms with Crippen molar-refractivity contribution in [3.63, 3.8) is 0 Å². The SMILES string of the molecule is O=C1C([N+]2=CC=CC2)=C([O-])c2ccccc21. The molecule has 1 heterocycles. The Hall–Kier alpha value is -2.16. The van der Waals surface area contributed by atoms with Gasteiger partial charge in [-0.25, -0.2) is 0 Å². The van der Waals surface area contributed by atoms with E-state index in [4.69, 9.17) is 0 Å². The van der Waals surface area contributed by atoms with E-state index in [2.05, 4.69) is 0 Å². The van der Waals surface area contributed by atoms with Crippen LogP contribution in [0, 0.1) is 0 Å². The van der Waals surface area contributed by atoms with Gasteiger partial charge in [-0.3, -0.25) is 4.79 Å². The molecule has 0 atom stereocenters. The lowest BCUT2D eigenvalue weighted by molar-refractivity contribution is -0.454. The van der Waals surface area contributed by atoms with Gasteiger partial charge in [0, 0.05) is 11.6 Å². The largest absolute Gasteiger partial charge is 0.867 e. The number of carbonyl (C=O) groups excluding carboxylic acids is 1. The zero-order valence-corrected chi connectivity index (χ0v) is 8.51. The van der Waals surface area contributed by atoms with E-state index >= 15 is 0 Å². The van der Waals surface area contributed by atoms with Crippen LogP contribution in [-0.4, -0.2) is 23.1 Å². The first-order valence-corrected chi connectivity index (χ1v) is 5.11. The fraction of sp³-hybridized carbons (Fsp3) is 0.0769. The molecule has 0 fully saturated rings. The minimum absolute atomic E-state index is 0.166. The average molecular weight is 211 g/mol. The van der Waals surface area contributed by atoms with Crippen molar-refractivity contribution in [1.29, 1.82) is 0 Å². The van der Waals surface area contributed by atoms with E-state index in [9.17, 15) is 9.90 Å². The smallest absolute Gasteiger partial charge is 0.256 e. The Morgan fingerprint density at radius 2 is 1.94 bits per heavy atom. The van der Waals surface area contributed by atoms with Gasteiger partial charge in [0.1, 0.15) is 0 Å². The third-order valence-electron chi connectivity index (χ3n) is 2.84. The van der Waals surface area contributed by atoms with E-state index in [0.717, 1.165) is 0 Å². The molecular weight excluding hydrogens is 202 g/mol. The van der Waals surface area contributed by atoms with Crippen molar-refractivity contribution in [1.82, 2.24) is 0 Å². The van der Waals surface area contributed by atoms with Crippen molar-refractivity contribution in [2.75, 3.05) is 6.54 Å². The zero-order valence-electron chi connectivity index (χ0n) is 8.51. The molecule has 78 valence electrons. The Labute approximate surface area is 92.7 Å². The van der Waals surface area contributed by atoms with Crippen molar-refractivity contribution in [2.45, 2.75) is 0 Å². The highest BCUT2D eigenvalue weighted by Crippen LogP contribution is 2.29. The Morgan fingerprint density at radius 1 is 1.19 bits per heavy atom. The molecule has 0 aromatic heterocycles. The number of benzene rings is 1. The summed E-state index contributed by atoms with van der Waals surface area (Å²) in [4.78, 5) is 12.0. The first kappa shape index (κ1) is 9.09. The normalized spacial score (nSPS) is 18.0. The van der Waals surface area contributed by atoms with Crippen LogP contribution in [0.25, 0.3) is 5.76 Å². The molecule has 0 N–H and O–H groups in total. The van der Waals surface area contributed by atoms with Crippen LogP contribution in [0.3, 0.4) is 0 Å². The number of rotatable bonds is 1. The molecule has 2 aliphatic rings. The maximum atomic E-state index is 12.0. The summed E-state index contributed by atoms with van der Waals surface area (Å²) in [7, 11) is 0. The monoisotopic (exact) mass is 211 g/mol. The minimum Gasteiger partial charge on any atom is -0.867 e. The molecule has 0 amide bonds. The van der Waals surface area contributed by atoms with Gasteiger partial charge >= 0.3 is 0 Å². The summed E-state index contributed by atoms with van der Waals surface area (Å²) in [6.07, 6.45) is 5.52. The number of allylic oxidation sites excluding steroid dienone is 2. The van der Waals surface area contributed by atoms with Gasteiger partial charge in [0.15, 0.2) is 12.8 Å². The second-order valence-electron chi connectivity index (χ2n) is 3.78. The van der Waals surface area contributed by atoms with Crippen LogP contribution < -0.4 is 5.11 Å². The summed E-state index contributed by atoms with van der Waals surface area (Å²) in [6.45, 7) is 0.598. The van der Waals surface area contributed by atoms with Gasteiger partial charge in [-0.1, -0.05) is 24.3 Å². The minimum atomic E-state index is -0.166. The number of hydrogen-bond acceptors (Lipinski definition) is 2. The molecule has 1 aromatic carbocycles. The van der Waals surface area contributed by atoms with Gasteiger partial charge < -0.3 is 5.11 Å². The predicted octanol–water partition coefficient (Wildman–Crippen LogP) is 0.565. The lowest BCUT2D eigenvalue weighted by Gasteiger charge is -2.07. The molecule has 3 rings (SSSR count). The van der Waals surface area contributed by atoms with Gasteiger partial charge in [-0.15, -0.1) is 0 Å². The topological polar surface area (TPSA) is 43.1 Å². The molecule has 3 nitrogen and oxygen atoms in total.